The zero-order chi connectivity index (χ0) is 11.4. The lowest BCUT2D eigenvalue weighted by molar-refractivity contribution is 0.263. The highest BCUT2D eigenvalue weighted by Crippen LogP contribution is 2.18. The number of hydrogen-bond donors (Lipinski definition) is 2. The van der Waals surface area contributed by atoms with E-state index in [1.807, 2.05) is 7.05 Å². The van der Waals surface area contributed by atoms with Gasteiger partial charge < -0.3 is 5.43 Å². The maximum Gasteiger partial charge on any atom is 0.140 e. The fourth-order valence-electron chi connectivity index (χ4n) is 1.09. The van der Waals surface area contributed by atoms with Crippen molar-refractivity contribution in [2.24, 2.45) is 5.84 Å². The van der Waals surface area contributed by atoms with Crippen molar-refractivity contribution in [2.45, 2.75) is 26.4 Å². The third kappa shape index (κ3) is 3.34. The molecule has 0 aliphatic carbocycles. The van der Waals surface area contributed by atoms with Crippen LogP contribution in [0.4, 0.5) is 5.82 Å². The van der Waals surface area contributed by atoms with Gasteiger partial charge in [0.15, 0.2) is 0 Å². The first-order chi connectivity index (χ1) is 7.04. The van der Waals surface area contributed by atoms with Crippen LogP contribution in [0, 0.1) is 0 Å². The second kappa shape index (κ2) is 5.30. The number of nitrogens with zero attached hydrogens (tertiary/aromatic N) is 2. The number of anilines is 1. The molecule has 84 valence electrons. The summed E-state index contributed by atoms with van der Waals surface area (Å²) < 4.78 is 0. The van der Waals surface area contributed by atoms with Gasteiger partial charge in [0.05, 0.1) is 10.7 Å². The maximum atomic E-state index is 6.04. The van der Waals surface area contributed by atoms with Crippen LogP contribution in [0.1, 0.15) is 19.5 Å². The van der Waals surface area contributed by atoms with Crippen molar-refractivity contribution >= 4 is 17.4 Å². The van der Waals surface area contributed by atoms with Gasteiger partial charge in [0.2, 0.25) is 0 Å². The van der Waals surface area contributed by atoms with E-state index < -0.39 is 0 Å². The van der Waals surface area contributed by atoms with E-state index in [0.717, 1.165) is 5.69 Å². The van der Waals surface area contributed by atoms with Crippen molar-refractivity contribution < 1.29 is 0 Å². The lowest BCUT2D eigenvalue weighted by atomic mass is 10.3. The molecule has 0 radical (unpaired) electrons. The molecular weight excluding hydrogens is 212 g/mol. The smallest absolute Gasteiger partial charge is 0.140 e. The van der Waals surface area contributed by atoms with Crippen molar-refractivity contribution in [1.29, 1.82) is 0 Å². The quantitative estimate of drug-likeness (QED) is 0.610. The predicted molar refractivity (Wildman–Crippen MR) is 63.7 cm³/mol. The van der Waals surface area contributed by atoms with E-state index in [2.05, 4.69) is 29.2 Å². The Kier molecular flexibility index (Phi) is 4.32. The minimum atomic E-state index is 0.456. The second-order valence-electron chi connectivity index (χ2n) is 3.78. The summed E-state index contributed by atoms with van der Waals surface area (Å²) in [6.45, 7) is 4.96. The Labute approximate surface area is 95.4 Å². The Morgan fingerprint density at radius 3 is 2.73 bits per heavy atom. The van der Waals surface area contributed by atoms with Gasteiger partial charge in [-0.15, -0.1) is 0 Å². The minimum absolute atomic E-state index is 0.456. The molecule has 0 bridgehead atoms. The van der Waals surface area contributed by atoms with Crippen LogP contribution in [-0.2, 0) is 6.54 Å². The molecule has 0 atom stereocenters. The van der Waals surface area contributed by atoms with Crippen molar-refractivity contribution in [3.63, 3.8) is 0 Å². The molecule has 0 amide bonds. The summed E-state index contributed by atoms with van der Waals surface area (Å²) in [4.78, 5) is 6.46. The summed E-state index contributed by atoms with van der Waals surface area (Å²) in [5.74, 6) is 5.92. The van der Waals surface area contributed by atoms with E-state index in [-0.39, 0.29) is 0 Å². The highest BCUT2D eigenvalue weighted by atomic mass is 35.5. The molecule has 0 aromatic carbocycles. The van der Waals surface area contributed by atoms with Gasteiger partial charge in [-0.05, 0) is 33.0 Å². The van der Waals surface area contributed by atoms with Crippen LogP contribution in [0.5, 0.6) is 0 Å². The standard InChI is InChI=1S/C10H17ClN4/c1-7(2)15(3)6-9-8(11)4-5-10(13-9)14-12/h4-5,7H,6,12H2,1-3H3,(H,13,14). The highest BCUT2D eigenvalue weighted by Gasteiger charge is 2.09. The van der Waals surface area contributed by atoms with Gasteiger partial charge in [0.25, 0.3) is 0 Å². The Morgan fingerprint density at radius 2 is 2.20 bits per heavy atom. The molecule has 0 spiro atoms. The van der Waals surface area contributed by atoms with E-state index in [4.69, 9.17) is 17.4 Å². The summed E-state index contributed by atoms with van der Waals surface area (Å²) in [6.07, 6.45) is 0. The zero-order valence-electron chi connectivity index (χ0n) is 9.29. The molecule has 0 saturated heterocycles. The van der Waals surface area contributed by atoms with Gasteiger partial charge in [-0.3, -0.25) is 4.90 Å². The average Bonchev–Trinajstić information content (AvgIpc) is 2.21. The molecule has 0 fully saturated rings. The van der Waals surface area contributed by atoms with Crippen LogP contribution in [0.15, 0.2) is 12.1 Å². The lowest BCUT2D eigenvalue weighted by Crippen LogP contribution is -2.26. The van der Waals surface area contributed by atoms with Gasteiger partial charge >= 0.3 is 0 Å². The van der Waals surface area contributed by atoms with Crippen molar-refractivity contribution in [1.82, 2.24) is 9.88 Å². The summed E-state index contributed by atoms with van der Waals surface area (Å²) in [7, 11) is 2.03. The second-order valence-corrected chi connectivity index (χ2v) is 4.19. The Morgan fingerprint density at radius 1 is 1.53 bits per heavy atom. The zero-order valence-corrected chi connectivity index (χ0v) is 10.0. The first kappa shape index (κ1) is 12.2. The van der Waals surface area contributed by atoms with Crippen LogP contribution >= 0.6 is 11.6 Å². The Hall–Kier alpha value is -0.840. The first-order valence-corrected chi connectivity index (χ1v) is 5.24. The van der Waals surface area contributed by atoms with E-state index in [9.17, 15) is 0 Å². The van der Waals surface area contributed by atoms with Gasteiger partial charge in [0, 0.05) is 12.6 Å². The van der Waals surface area contributed by atoms with Crippen LogP contribution in [0.25, 0.3) is 0 Å². The SMILES string of the molecule is CC(C)N(C)Cc1nc(NN)ccc1Cl. The van der Waals surface area contributed by atoms with Crippen LogP contribution in [0.2, 0.25) is 5.02 Å². The highest BCUT2D eigenvalue weighted by molar-refractivity contribution is 6.31. The van der Waals surface area contributed by atoms with E-state index in [0.29, 0.717) is 23.4 Å². The molecule has 1 aromatic rings. The summed E-state index contributed by atoms with van der Waals surface area (Å²) >= 11 is 6.04. The number of rotatable bonds is 4. The molecule has 0 saturated carbocycles. The molecule has 1 aromatic heterocycles. The van der Waals surface area contributed by atoms with Crippen molar-refractivity contribution in [3.8, 4) is 0 Å². The molecule has 0 unspecified atom stereocenters. The molecule has 5 heteroatoms. The normalized spacial score (nSPS) is 11.1. The van der Waals surface area contributed by atoms with Crippen molar-refractivity contribution in [3.05, 3.63) is 22.8 Å². The molecule has 1 heterocycles. The topological polar surface area (TPSA) is 54.2 Å². The minimum Gasteiger partial charge on any atom is -0.308 e. The van der Waals surface area contributed by atoms with Gasteiger partial charge in [-0.1, -0.05) is 11.6 Å². The van der Waals surface area contributed by atoms with E-state index in [1.165, 1.54) is 0 Å². The summed E-state index contributed by atoms with van der Waals surface area (Å²) in [6, 6.07) is 4.01. The summed E-state index contributed by atoms with van der Waals surface area (Å²) in [5, 5.41) is 0.668. The van der Waals surface area contributed by atoms with Gasteiger partial charge in [-0.2, -0.15) is 0 Å². The van der Waals surface area contributed by atoms with Crippen molar-refractivity contribution in [2.75, 3.05) is 12.5 Å². The lowest BCUT2D eigenvalue weighted by Gasteiger charge is -2.21. The number of nitrogens with two attached hydrogens (primary N) is 1. The molecule has 1 rings (SSSR count). The Balaban J connectivity index is 2.83. The molecule has 15 heavy (non-hydrogen) atoms. The number of pyridine rings is 1. The predicted octanol–water partition coefficient (Wildman–Crippen LogP) is 1.86. The fraction of sp³-hybridized carbons (Fsp3) is 0.500. The number of halogens is 1. The molecule has 0 aliphatic heterocycles. The molecule has 4 nitrogen and oxygen atoms in total. The van der Waals surface area contributed by atoms with Crippen LogP contribution < -0.4 is 11.3 Å². The molecular formula is C10H17ClN4. The van der Waals surface area contributed by atoms with E-state index in [1.54, 1.807) is 12.1 Å². The molecule has 0 aliphatic rings. The molecule has 3 N–H and O–H groups in total. The fourth-order valence-corrected chi connectivity index (χ4v) is 1.26. The number of hydrazine groups is 1. The third-order valence-electron chi connectivity index (χ3n) is 2.35. The number of nitrogens with one attached hydrogen (secondary N) is 1. The monoisotopic (exact) mass is 228 g/mol. The average molecular weight is 229 g/mol. The maximum absolute atomic E-state index is 6.04. The van der Waals surface area contributed by atoms with Gasteiger partial charge in [0.1, 0.15) is 5.82 Å². The Bertz CT molecular complexity index is 327. The first-order valence-electron chi connectivity index (χ1n) is 4.87. The summed E-state index contributed by atoms with van der Waals surface area (Å²) in [5.41, 5.74) is 3.35. The number of aromatic nitrogens is 1. The number of nitrogen functional groups attached to an aromatic ring is 1. The number of hydrogen-bond acceptors (Lipinski definition) is 4. The van der Waals surface area contributed by atoms with E-state index >= 15 is 0 Å². The van der Waals surface area contributed by atoms with Crippen LogP contribution in [0.3, 0.4) is 0 Å². The van der Waals surface area contributed by atoms with Gasteiger partial charge in [-0.25, -0.2) is 10.8 Å². The third-order valence-corrected chi connectivity index (χ3v) is 2.69. The largest absolute Gasteiger partial charge is 0.308 e. The van der Waals surface area contributed by atoms with Crippen LogP contribution in [-0.4, -0.2) is 23.0 Å².